The highest BCUT2D eigenvalue weighted by molar-refractivity contribution is 5.74. The maximum atomic E-state index is 11.9. The van der Waals surface area contributed by atoms with Crippen LogP contribution in [0.2, 0.25) is 0 Å². The van der Waals surface area contributed by atoms with E-state index in [2.05, 4.69) is 10.6 Å². The number of aliphatic hydroxyl groups is 1. The summed E-state index contributed by atoms with van der Waals surface area (Å²) >= 11 is 0. The Morgan fingerprint density at radius 3 is 2.70 bits per heavy atom. The van der Waals surface area contributed by atoms with Crippen LogP contribution in [0, 0.1) is 0 Å². The molecule has 0 radical (unpaired) electrons. The van der Waals surface area contributed by atoms with Gasteiger partial charge in [0.15, 0.2) is 0 Å². The Balaban J connectivity index is 1.77. The SMILES string of the molecule is COCC(NC(=O)NCC(O)Cc1ccccc1)c1ccco1. The van der Waals surface area contributed by atoms with E-state index in [9.17, 15) is 9.90 Å². The summed E-state index contributed by atoms with van der Waals surface area (Å²) in [6.07, 6.45) is 1.38. The molecule has 0 fully saturated rings. The summed E-state index contributed by atoms with van der Waals surface area (Å²) in [5.41, 5.74) is 1.02. The molecule has 0 spiro atoms. The van der Waals surface area contributed by atoms with Crippen molar-refractivity contribution in [1.82, 2.24) is 10.6 Å². The number of nitrogens with one attached hydrogen (secondary N) is 2. The molecule has 2 rings (SSSR count). The number of methoxy groups -OCH3 is 1. The number of hydrogen-bond acceptors (Lipinski definition) is 4. The van der Waals surface area contributed by atoms with E-state index in [1.165, 1.54) is 0 Å². The predicted molar refractivity (Wildman–Crippen MR) is 86.0 cm³/mol. The summed E-state index contributed by atoms with van der Waals surface area (Å²) in [5, 5.41) is 15.4. The van der Waals surface area contributed by atoms with Crippen LogP contribution in [0.4, 0.5) is 4.79 Å². The Kier molecular flexibility index (Phi) is 6.65. The van der Waals surface area contributed by atoms with Crippen LogP contribution in [-0.4, -0.2) is 37.5 Å². The highest BCUT2D eigenvalue weighted by Crippen LogP contribution is 2.13. The fourth-order valence-corrected chi connectivity index (χ4v) is 2.23. The van der Waals surface area contributed by atoms with Crippen LogP contribution in [0.3, 0.4) is 0 Å². The quantitative estimate of drug-likeness (QED) is 0.694. The van der Waals surface area contributed by atoms with E-state index in [1.54, 1.807) is 25.5 Å². The largest absolute Gasteiger partial charge is 0.467 e. The molecular weight excluding hydrogens is 296 g/mol. The summed E-state index contributed by atoms with van der Waals surface area (Å²) in [6, 6.07) is 12.4. The van der Waals surface area contributed by atoms with Gasteiger partial charge in [-0.05, 0) is 17.7 Å². The van der Waals surface area contributed by atoms with Crippen LogP contribution in [0.1, 0.15) is 17.4 Å². The van der Waals surface area contributed by atoms with Crippen molar-refractivity contribution in [2.45, 2.75) is 18.6 Å². The van der Waals surface area contributed by atoms with E-state index >= 15 is 0 Å². The number of furan rings is 1. The molecule has 2 aromatic rings. The fourth-order valence-electron chi connectivity index (χ4n) is 2.23. The standard InChI is InChI=1S/C17H22N2O4/c1-22-12-15(16-8-5-9-23-16)19-17(21)18-11-14(20)10-13-6-3-2-4-7-13/h2-9,14-15,20H,10-12H2,1H3,(H2,18,19,21). The first-order chi connectivity index (χ1) is 11.2. The Morgan fingerprint density at radius 1 is 1.26 bits per heavy atom. The van der Waals surface area contributed by atoms with E-state index in [1.807, 2.05) is 30.3 Å². The van der Waals surface area contributed by atoms with Crippen LogP contribution < -0.4 is 10.6 Å². The lowest BCUT2D eigenvalue weighted by Gasteiger charge is -2.17. The number of rotatable bonds is 8. The number of aliphatic hydroxyl groups excluding tert-OH is 1. The van der Waals surface area contributed by atoms with Gasteiger partial charge in [0.1, 0.15) is 11.8 Å². The Bertz CT molecular complexity index is 572. The molecule has 1 aromatic carbocycles. The second-order valence-electron chi connectivity index (χ2n) is 5.22. The molecule has 23 heavy (non-hydrogen) atoms. The minimum atomic E-state index is -0.646. The number of ether oxygens (including phenoxy) is 1. The van der Waals surface area contributed by atoms with Crippen LogP contribution in [0.15, 0.2) is 53.1 Å². The van der Waals surface area contributed by atoms with Crippen LogP contribution in [-0.2, 0) is 11.2 Å². The number of hydrogen-bond donors (Lipinski definition) is 3. The lowest BCUT2D eigenvalue weighted by Crippen LogP contribution is -2.42. The first-order valence-corrected chi connectivity index (χ1v) is 7.47. The molecule has 0 saturated heterocycles. The first kappa shape index (κ1) is 17.1. The molecular formula is C17H22N2O4. The number of benzene rings is 1. The maximum absolute atomic E-state index is 11.9. The smallest absolute Gasteiger partial charge is 0.315 e. The van der Waals surface area contributed by atoms with Gasteiger partial charge in [0.2, 0.25) is 0 Å². The Morgan fingerprint density at radius 2 is 2.04 bits per heavy atom. The van der Waals surface area contributed by atoms with Crippen molar-refractivity contribution >= 4 is 6.03 Å². The zero-order chi connectivity index (χ0) is 16.5. The molecule has 0 aliphatic heterocycles. The fraction of sp³-hybridized carbons (Fsp3) is 0.353. The van der Waals surface area contributed by atoms with Gasteiger partial charge < -0.3 is 24.9 Å². The van der Waals surface area contributed by atoms with Crippen molar-refractivity contribution in [3.63, 3.8) is 0 Å². The van der Waals surface area contributed by atoms with Gasteiger partial charge in [-0.15, -0.1) is 0 Å². The number of amides is 2. The molecule has 1 aromatic heterocycles. The number of carbonyl (C=O) groups is 1. The van der Waals surface area contributed by atoms with Gasteiger partial charge >= 0.3 is 6.03 Å². The van der Waals surface area contributed by atoms with Gasteiger partial charge in [-0.1, -0.05) is 30.3 Å². The molecule has 0 saturated carbocycles. The van der Waals surface area contributed by atoms with Gasteiger partial charge in [-0.3, -0.25) is 0 Å². The van der Waals surface area contributed by atoms with Gasteiger partial charge in [0.25, 0.3) is 0 Å². The highest BCUT2D eigenvalue weighted by Gasteiger charge is 2.17. The molecule has 2 amide bonds. The normalized spacial score (nSPS) is 13.3. The topological polar surface area (TPSA) is 83.7 Å². The zero-order valence-electron chi connectivity index (χ0n) is 13.1. The summed E-state index contributed by atoms with van der Waals surface area (Å²) in [6.45, 7) is 0.464. The maximum Gasteiger partial charge on any atom is 0.315 e. The van der Waals surface area contributed by atoms with Crippen molar-refractivity contribution in [1.29, 1.82) is 0 Å². The molecule has 2 atom stereocenters. The second kappa shape index (κ2) is 8.97. The third-order valence-electron chi connectivity index (χ3n) is 3.34. The summed E-state index contributed by atoms with van der Waals surface area (Å²) < 4.78 is 10.4. The third kappa shape index (κ3) is 5.77. The first-order valence-electron chi connectivity index (χ1n) is 7.47. The van der Waals surface area contributed by atoms with E-state index in [0.717, 1.165) is 5.56 Å². The highest BCUT2D eigenvalue weighted by atomic mass is 16.5. The Hall–Kier alpha value is -2.31. The van der Waals surface area contributed by atoms with E-state index in [-0.39, 0.29) is 18.6 Å². The molecule has 6 heteroatoms. The van der Waals surface area contributed by atoms with Crippen molar-refractivity contribution in [2.24, 2.45) is 0 Å². The van der Waals surface area contributed by atoms with E-state index in [0.29, 0.717) is 18.8 Å². The van der Waals surface area contributed by atoms with Crippen LogP contribution >= 0.6 is 0 Å². The minimum absolute atomic E-state index is 0.165. The van der Waals surface area contributed by atoms with Crippen molar-refractivity contribution in [2.75, 3.05) is 20.3 Å². The molecule has 0 aliphatic carbocycles. The van der Waals surface area contributed by atoms with Crippen LogP contribution in [0.5, 0.6) is 0 Å². The van der Waals surface area contributed by atoms with Crippen molar-refractivity contribution < 1.29 is 19.1 Å². The molecule has 2 unspecified atom stereocenters. The molecule has 6 nitrogen and oxygen atoms in total. The summed E-state index contributed by atoms with van der Waals surface area (Å²) in [4.78, 5) is 11.9. The number of urea groups is 1. The third-order valence-corrected chi connectivity index (χ3v) is 3.34. The van der Waals surface area contributed by atoms with Gasteiger partial charge in [0, 0.05) is 20.1 Å². The van der Waals surface area contributed by atoms with Gasteiger partial charge in [-0.2, -0.15) is 0 Å². The monoisotopic (exact) mass is 318 g/mol. The van der Waals surface area contributed by atoms with Crippen molar-refractivity contribution in [3.8, 4) is 0 Å². The predicted octanol–water partition coefficient (Wildman–Crippen LogP) is 1.87. The molecule has 124 valence electrons. The van der Waals surface area contributed by atoms with E-state index in [4.69, 9.17) is 9.15 Å². The number of carbonyl (C=O) groups excluding carboxylic acids is 1. The lowest BCUT2D eigenvalue weighted by molar-refractivity contribution is 0.152. The van der Waals surface area contributed by atoms with Crippen molar-refractivity contribution in [3.05, 3.63) is 60.1 Å². The molecule has 0 aliphatic rings. The van der Waals surface area contributed by atoms with Crippen LogP contribution in [0.25, 0.3) is 0 Å². The minimum Gasteiger partial charge on any atom is -0.467 e. The zero-order valence-corrected chi connectivity index (χ0v) is 13.1. The lowest BCUT2D eigenvalue weighted by atomic mass is 10.1. The van der Waals surface area contributed by atoms with E-state index < -0.39 is 6.10 Å². The second-order valence-corrected chi connectivity index (χ2v) is 5.22. The average Bonchev–Trinajstić information content (AvgIpc) is 3.08. The summed E-state index contributed by atoms with van der Waals surface area (Å²) in [7, 11) is 1.55. The summed E-state index contributed by atoms with van der Waals surface area (Å²) in [5.74, 6) is 0.617. The molecule has 0 bridgehead atoms. The van der Waals surface area contributed by atoms with Gasteiger partial charge in [0.05, 0.1) is 19.0 Å². The molecule has 1 heterocycles. The average molecular weight is 318 g/mol. The van der Waals surface area contributed by atoms with Gasteiger partial charge in [-0.25, -0.2) is 4.79 Å². The Labute approximate surface area is 135 Å². The molecule has 3 N–H and O–H groups in total.